The molecule has 8 heteroatoms. The topological polar surface area (TPSA) is 75.7 Å². The van der Waals surface area contributed by atoms with Crippen LogP contribution in [0.5, 0.6) is 5.75 Å². The Hall–Kier alpha value is -2.06. The highest BCUT2D eigenvalue weighted by atomic mass is 32.2. The first kappa shape index (κ1) is 15.8. The van der Waals surface area contributed by atoms with E-state index in [-0.39, 0.29) is 16.7 Å². The van der Waals surface area contributed by atoms with Crippen molar-refractivity contribution in [3.8, 4) is 5.75 Å². The van der Waals surface area contributed by atoms with E-state index in [0.717, 1.165) is 16.2 Å². The second-order valence-electron chi connectivity index (χ2n) is 5.02. The second-order valence-corrected chi connectivity index (χ2v) is 8.28. The summed E-state index contributed by atoms with van der Waals surface area (Å²) in [4.78, 5) is 11.8. The third kappa shape index (κ3) is 3.18. The van der Waals surface area contributed by atoms with E-state index in [0.29, 0.717) is 24.6 Å². The number of sulfonamides is 1. The number of rotatable bonds is 4. The molecule has 1 aliphatic rings. The first-order valence-electron chi connectivity index (χ1n) is 7.06. The smallest absolute Gasteiger partial charge is 0.274 e. The highest BCUT2D eigenvalue weighted by molar-refractivity contribution is 7.94. The zero-order valence-corrected chi connectivity index (χ0v) is 14.1. The first-order chi connectivity index (χ1) is 11.0. The van der Waals surface area contributed by atoms with Gasteiger partial charge in [0.05, 0.1) is 18.8 Å². The standard InChI is InChI=1S/C15H16N2O4S2/c1-11(18)16-10-12-6-7-15(22-12)23(19,20)17-8-9-21-14-5-3-2-4-13(14)17/h2-7H,8-10H2,1H3,(H,16,18). The summed E-state index contributed by atoms with van der Waals surface area (Å²) >= 11 is 1.16. The van der Waals surface area contributed by atoms with Crippen LogP contribution in [0.25, 0.3) is 0 Å². The van der Waals surface area contributed by atoms with Crippen molar-refractivity contribution in [3.63, 3.8) is 0 Å². The summed E-state index contributed by atoms with van der Waals surface area (Å²) in [6.45, 7) is 2.35. The molecule has 0 saturated carbocycles. The Balaban J connectivity index is 1.89. The lowest BCUT2D eigenvalue weighted by Crippen LogP contribution is -2.37. The second kappa shape index (κ2) is 6.21. The maximum absolute atomic E-state index is 12.9. The van der Waals surface area contributed by atoms with E-state index in [2.05, 4.69) is 5.32 Å². The molecule has 0 radical (unpaired) electrons. The molecule has 1 aromatic heterocycles. The van der Waals surface area contributed by atoms with Crippen molar-refractivity contribution in [3.05, 3.63) is 41.3 Å². The van der Waals surface area contributed by atoms with Gasteiger partial charge in [0.15, 0.2) is 0 Å². The minimum atomic E-state index is -3.63. The van der Waals surface area contributed by atoms with E-state index in [1.54, 1.807) is 30.3 Å². The number of para-hydroxylation sites is 2. The van der Waals surface area contributed by atoms with Crippen LogP contribution < -0.4 is 14.4 Å². The number of benzene rings is 1. The largest absolute Gasteiger partial charge is 0.489 e. The molecule has 2 aromatic rings. The Morgan fingerprint density at radius 1 is 1.30 bits per heavy atom. The third-order valence-electron chi connectivity index (χ3n) is 3.38. The SMILES string of the molecule is CC(=O)NCc1ccc(S(=O)(=O)N2CCOc3ccccc32)s1. The van der Waals surface area contributed by atoms with E-state index in [4.69, 9.17) is 4.74 Å². The van der Waals surface area contributed by atoms with Gasteiger partial charge < -0.3 is 10.1 Å². The van der Waals surface area contributed by atoms with Gasteiger partial charge in [-0.1, -0.05) is 12.1 Å². The predicted octanol–water partition coefficient (Wildman–Crippen LogP) is 1.97. The van der Waals surface area contributed by atoms with Gasteiger partial charge in [-0.2, -0.15) is 0 Å². The lowest BCUT2D eigenvalue weighted by molar-refractivity contribution is -0.119. The van der Waals surface area contributed by atoms with Crippen molar-refractivity contribution in [1.82, 2.24) is 5.32 Å². The zero-order valence-electron chi connectivity index (χ0n) is 12.5. The highest BCUT2D eigenvalue weighted by Crippen LogP contribution is 2.36. The lowest BCUT2D eigenvalue weighted by Gasteiger charge is -2.29. The zero-order chi connectivity index (χ0) is 16.4. The minimum Gasteiger partial charge on any atom is -0.489 e. The first-order valence-corrected chi connectivity index (χ1v) is 9.32. The normalized spacial score (nSPS) is 14.0. The molecule has 1 N–H and O–H groups in total. The number of nitrogens with zero attached hydrogens (tertiary/aromatic N) is 1. The number of anilines is 1. The number of thiophene rings is 1. The molecule has 0 bridgehead atoms. The lowest BCUT2D eigenvalue weighted by atomic mass is 10.2. The van der Waals surface area contributed by atoms with Crippen molar-refractivity contribution < 1.29 is 17.9 Å². The number of amides is 1. The Morgan fingerprint density at radius 3 is 2.87 bits per heavy atom. The van der Waals surface area contributed by atoms with Crippen LogP contribution >= 0.6 is 11.3 Å². The molecule has 2 heterocycles. The van der Waals surface area contributed by atoms with E-state index in [1.165, 1.54) is 11.2 Å². The number of carbonyl (C=O) groups is 1. The van der Waals surface area contributed by atoms with Crippen molar-refractivity contribution >= 4 is 33.0 Å². The summed E-state index contributed by atoms with van der Waals surface area (Å²) in [7, 11) is -3.63. The molecule has 0 unspecified atom stereocenters. The van der Waals surface area contributed by atoms with Crippen LogP contribution in [0, 0.1) is 0 Å². The number of nitrogens with one attached hydrogen (secondary N) is 1. The average molecular weight is 352 g/mol. The molecule has 0 aliphatic carbocycles. The average Bonchev–Trinajstić information content (AvgIpc) is 3.02. The van der Waals surface area contributed by atoms with Crippen molar-refractivity contribution in [2.24, 2.45) is 0 Å². The van der Waals surface area contributed by atoms with E-state index < -0.39 is 10.0 Å². The van der Waals surface area contributed by atoms with Gasteiger partial charge in [0.2, 0.25) is 5.91 Å². The van der Waals surface area contributed by atoms with Crippen LogP contribution in [0.1, 0.15) is 11.8 Å². The fourth-order valence-corrected chi connectivity index (χ4v) is 5.18. The van der Waals surface area contributed by atoms with Crippen LogP contribution in [0.4, 0.5) is 5.69 Å². The Bertz CT molecular complexity index is 830. The van der Waals surface area contributed by atoms with Gasteiger partial charge in [0, 0.05) is 11.8 Å². The van der Waals surface area contributed by atoms with Gasteiger partial charge in [0.1, 0.15) is 16.6 Å². The molecule has 0 fully saturated rings. The molecule has 0 saturated heterocycles. The van der Waals surface area contributed by atoms with Crippen LogP contribution in [-0.4, -0.2) is 27.5 Å². The summed E-state index contributed by atoms with van der Waals surface area (Å²) in [5.74, 6) is 0.419. The molecule has 1 amide bonds. The number of fused-ring (bicyclic) bond motifs is 1. The molecule has 6 nitrogen and oxygen atoms in total. The van der Waals surface area contributed by atoms with Gasteiger partial charge in [-0.05, 0) is 24.3 Å². The van der Waals surface area contributed by atoms with Crippen LogP contribution in [0.3, 0.4) is 0 Å². The summed E-state index contributed by atoms with van der Waals surface area (Å²) < 4.78 is 32.9. The summed E-state index contributed by atoms with van der Waals surface area (Å²) in [6, 6.07) is 10.4. The number of hydrogen-bond acceptors (Lipinski definition) is 5. The molecular formula is C15H16N2O4S2. The van der Waals surface area contributed by atoms with Crippen molar-refractivity contribution in [2.45, 2.75) is 17.7 Å². The van der Waals surface area contributed by atoms with Gasteiger partial charge in [-0.3, -0.25) is 9.10 Å². The summed E-state index contributed by atoms with van der Waals surface area (Å²) in [6.07, 6.45) is 0. The van der Waals surface area contributed by atoms with E-state index in [9.17, 15) is 13.2 Å². The molecule has 122 valence electrons. The number of hydrogen-bond donors (Lipinski definition) is 1. The molecule has 0 atom stereocenters. The van der Waals surface area contributed by atoms with Gasteiger partial charge in [-0.25, -0.2) is 8.42 Å². The van der Waals surface area contributed by atoms with Crippen molar-refractivity contribution in [1.29, 1.82) is 0 Å². The van der Waals surface area contributed by atoms with E-state index in [1.807, 2.05) is 6.07 Å². The molecule has 1 aromatic carbocycles. The van der Waals surface area contributed by atoms with Crippen molar-refractivity contribution in [2.75, 3.05) is 17.5 Å². The minimum absolute atomic E-state index is 0.148. The number of carbonyl (C=O) groups excluding carboxylic acids is 1. The molecular weight excluding hydrogens is 336 g/mol. The predicted molar refractivity (Wildman–Crippen MR) is 88.3 cm³/mol. The van der Waals surface area contributed by atoms with Crippen LogP contribution in [0.15, 0.2) is 40.6 Å². The Kier molecular flexibility index (Phi) is 4.27. The van der Waals surface area contributed by atoms with Crippen LogP contribution in [-0.2, 0) is 21.4 Å². The monoisotopic (exact) mass is 352 g/mol. The van der Waals surface area contributed by atoms with Gasteiger partial charge in [0.25, 0.3) is 10.0 Å². The molecule has 23 heavy (non-hydrogen) atoms. The maximum Gasteiger partial charge on any atom is 0.274 e. The van der Waals surface area contributed by atoms with Gasteiger partial charge in [-0.15, -0.1) is 11.3 Å². The highest BCUT2D eigenvalue weighted by Gasteiger charge is 2.30. The third-order valence-corrected chi connectivity index (χ3v) is 6.74. The molecule has 0 spiro atoms. The quantitative estimate of drug-likeness (QED) is 0.913. The maximum atomic E-state index is 12.9. The van der Waals surface area contributed by atoms with Gasteiger partial charge >= 0.3 is 0 Å². The van der Waals surface area contributed by atoms with Crippen LogP contribution in [0.2, 0.25) is 0 Å². The Labute approximate surface area is 138 Å². The molecule has 3 rings (SSSR count). The summed E-state index contributed by atoms with van der Waals surface area (Å²) in [5.41, 5.74) is 0.551. The Morgan fingerprint density at radius 2 is 2.09 bits per heavy atom. The number of ether oxygens (including phenoxy) is 1. The van der Waals surface area contributed by atoms with E-state index >= 15 is 0 Å². The summed E-state index contributed by atoms with van der Waals surface area (Å²) in [5, 5.41) is 2.66. The fraction of sp³-hybridized carbons (Fsp3) is 0.267. The fourth-order valence-electron chi connectivity index (χ4n) is 2.31. The molecule has 1 aliphatic heterocycles.